The summed E-state index contributed by atoms with van der Waals surface area (Å²) in [6, 6.07) is 6.31. The second kappa shape index (κ2) is 5.31. The maximum Gasteiger partial charge on any atom is 0.335 e. The number of likely N-dealkylation sites (tertiary alicyclic amines) is 1. The van der Waals surface area contributed by atoms with Gasteiger partial charge >= 0.3 is 5.97 Å². The fourth-order valence-corrected chi connectivity index (χ4v) is 2.31. The van der Waals surface area contributed by atoms with Crippen molar-refractivity contribution < 1.29 is 14.7 Å². The van der Waals surface area contributed by atoms with Crippen molar-refractivity contribution in [2.24, 2.45) is 5.92 Å². The third-order valence-electron chi connectivity index (χ3n) is 3.48. The number of rotatable bonds is 3. The highest BCUT2D eigenvalue weighted by atomic mass is 16.4. The number of piperidine rings is 1. The summed E-state index contributed by atoms with van der Waals surface area (Å²) >= 11 is 0. The molecule has 2 rings (SSSR count). The summed E-state index contributed by atoms with van der Waals surface area (Å²) in [6.45, 7) is 1.85. The Hall–Kier alpha value is -1.68. The molecule has 0 aromatic heterocycles. The lowest BCUT2D eigenvalue weighted by molar-refractivity contribution is 0.0697. The normalized spacial score (nSPS) is 17.6. The van der Waals surface area contributed by atoms with E-state index in [1.165, 1.54) is 12.1 Å². The first kappa shape index (κ1) is 12.8. The molecule has 18 heavy (non-hydrogen) atoms. The molecule has 0 bridgehead atoms. The zero-order chi connectivity index (χ0) is 13.1. The van der Waals surface area contributed by atoms with Gasteiger partial charge in [0, 0.05) is 11.5 Å². The third-order valence-corrected chi connectivity index (χ3v) is 3.48. The van der Waals surface area contributed by atoms with Crippen molar-refractivity contribution in [1.82, 2.24) is 4.90 Å². The van der Waals surface area contributed by atoms with Crippen LogP contribution in [0.4, 0.5) is 0 Å². The van der Waals surface area contributed by atoms with Gasteiger partial charge < -0.3 is 10.0 Å². The van der Waals surface area contributed by atoms with Crippen molar-refractivity contribution >= 4 is 11.8 Å². The Kier molecular flexibility index (Phi) is 3.77. The van der Waals surface area contributed by atoms with Gasteiger partial charge in [-0.15, -0.1) is 0 Å². The number of carbonyl (C=O) groups is 2. The van der Waals surface area contributed by atoms with Crippen molar-refractivity contribution in [1.29, 1.82) is 0 Å². The Morgan fingerprint density at radius 2 is 1.83 bits per heavy atom. The van der Waals surface area contributed by atoms with Crippen molar-refractivity contribution in [3.05, 3.63) is 35.4 Å². The molecule has 96 valence electrons. The Labute approximate surface area is 106 Å². The fraction of sp³-hybridized carbons (Fsp3) is 0.429. The molecule has 1 N–H and O–H groups in total. The summed E-state index contributed by atoms with van der Waals surface area (Å²) in [5, 5.41) is 8.92. The highest BCUT2D eigenvalue weighted by Crippen LogP contribution is 2.21. The number of carboxylic acids is 1. The molecule has 4 heteroatoms. The maximum atomic E-state index is 12.3. The van der Waals surface area contributed by atoms with Crippen LogP contribution in [0.5, 0.6) is 0 Å². The van der Waals surface area contributed by atoms with E-state index in [0.717, 1.165) is 25.9 Å². The van der Waals surface area contributed by atoms with Gasteiger partial charge in [-0.05, 0) is 45.1 Å². The predicted octanol–water partition coefficient (Wildman–Crippen LogP) is 1.91. The Bertz CT molecular complexity index is 462. The summed E-state index contributed by atoms with van der Waals surface area (Å²) in [5.41, 5.74) is 0.693. The number of hydrogen-bond acceptors (Lipinski definition) is 3. The molecule has 1 aromatic rings. The summed E-state index contributed by atoms with van der Waals surface area (Å²) in [5.74, 6) is -0.885. The van der Waals surface area contributed by atoms with E-state index in [4.69, 9.17) is 5.11 Å². The minimum atomic E-state index is -0.993. The van der Waals surface area contributed by atoms with E-state index in [2.05, 4.69) is 4.90 Å². The van der Waals surface area contributed by atoms with Crippen LogP contribution in [0.15, 0.2) is 24.3 Å². The standard InChI is InChI=1S/C14H17NO3/c1-15-7-5-10(6-8-15)13(16)11-3-2-4-12(9-11)14(17)18/h2-4,9-10H,5-8H2,1H3,(H,17,18). The summed E-state index contributed by atoms with van der Waals surface area (Å²) in [6.07, 6.45) is 1.71. The minimum absolute atomic E-state index is 0.0326. The van der Waals surface area contributed by atoms with E-state index in [1.807, 2.05) is 7.05 Å². The van der Waals surface area contributed by atoms with Crippen molar-refractivity contribution in [3.63, 3.8) is 0 Å². The van der Waals surface area contributed by atoms with Crippen LogP contribution in [0.2, 0.25) is 0 Å². The lowest BCUT2D eigenvalue weighted by atomic mass is 9.88. The first-order valence-electron chi connectivity index (χ1n) is 6.14. The quantitative estimate of drug-likeness (QED) is 0.829. The molecule has 1 saturated heterocycles. The van der Waals surface area contributed by atoms with Crippen molar-refractivity contribution in [2.75, 3.05) is 20.1 Å². The van der Waals surface area contributed by atoms with Gasteiger partial charge in [-0.3, -0.25) is 4.79 Å². The van der Waals surface area contributed by atoms with E-state index >= 15 is 0 Å². The van der Waals surface area contributed by atoms with Crippen LogP contribution in [0.1, 0.15) is 33.6 Å². The molecule has 0 radical (unpaired) electrons. The number of ketones is 1. The molecule has 0 spiro atoms. The van der Waals surface area contributed by atoms with Gasteiger partial charge in [0.05, 0.1) is 5.56 Å². The van der Waals surface area contributed by atoms with E-state index in [0.29, 0.717) is 5.56 Å². The Morgan fingerprint density at radius 1 is 1.22 bits per heavy atom. The SMILES string of the molecule is CN1CCC(C(=O)c2cccc(C(=O)O)c2)CC1. The molecular weight excluding hydrogens is 230 g/mol. The summed E-state index contributed by atoms with van der Waals surface area (Å²) in [7, 11) is 2.05. The van der Waals surface area contributed by atoms with Crippen LogP contribution < -0.4 is 0 Å². The molecule has 0 aliphatic carbocycles. The monoisotopic (exact) mass is 247 g/mol. The van der Waals surface area contributed by atoms with Gasteiger partial charge in [0.15, 0.2) is 5.78 Å². The maximum absolute atomic E-state index is 12.3. The van der Waals surface area contributed by atoms with Crippen molar-refractivity contribution in [2.45, 2.75) is 12.8 Å². The van der Waals surface area contributed by atoms with Crippen LogP contribution >= 0.6 is 0 Å². The molecule has 0 atom stereocenters. The summed E-state index contributed by atoms with van der Waals surface area (Å²) < 4.78 is 0. The average molecular weight is 247 g/mol. The molecule has 0 amide bonds. The predicted molar refractivity (Wildman–Crippen MR) is 68.0 cm³/mol. The molecule has 0 saturated carbocycles. The van der Waals surface area contributed by atoms with Crippen LogP contribution in [0.3, 0.4) is 0 Å². The highest BCUT2D eigenvalue weighted by molar-refractivity contribution is 6.00. The van der Waals surface area contributed by atoms with Gasteiger partial charge in [-0.1, -0.05) is 12.1 Å². The smallest absolute Gasteiger partial charge is 0.335 e. The molecule has 1 fully saturated rings. The number of aromatic carboxylic acids is 1. The van der Waals surface area contributed by atoms with E-state index in [9.17, 15) is 9.59 Å². The van der Waals surface area contributed by atoms with Crippen LogP contribution in [-0.4, -0.2) is 41.9 Å². The second-order valence-electron chi connectivity index (χ2n) is 4.83. The highest BCUT2D eigenvalue weighted by Gasteiger charge is 2.24. The third kappa shape index (κ3) is 2.76. The number of carbonyl (C=O) groups excluding carboxylic acids is 1. The Morgan fingerprint density at radius 3 is 2.44 bits per heavy atom. The zero-order valence-electron chi connectivity index (χ0n) is 10.4. The molecule has 0 unspecified atom stereocenters. The number of hydrogen-bond donors (Lipinski definition) is 1. The molecule has 1 aliphatic heterocycles. The zero-order valence-corrected chi connectivity index (χ0v) is 10.4. The van der Waals surface area contributed by atoms with E-state index < -0.39 is 5.97 Å². The van der Waals surface area contributed by atoms with Crippen LogP contribution in [-0.2, 0) is 0 Å². The topological polar surface area (TPSA) is 57.6 Å². The van der Waals surface area contributed by atoms with Crippen molar-refractivity contribution in [3.8, 4) is 0 Å². The second-order valence-corrected chi connectivity index (χ2v) is 4.83. The largest absolute Gasteiger partial charge is 0.478 e. The minimum Gasteiger partial charge on any atom is -0.478 e. The number of Topliss-reactive ketones (excluding diaryl/α,β-unsaturated/α-hetero) is 1. The first-order chi connectivity index (χ1) is 8.58. The van der Waals surface area contributed by atoms with Gasteiger partial charge in [-0.2, -0.15) is 0 Å². The van der Waals surface area contributed by atoms with Crippen LogP contribution in [0, 0.1) is 5.92 Å². The number of carboxylic acid groups (broad SMARTS) is 1. The lowest BCUT2D eigenvalue weighted by Crippen LogP contribution is -2.33. The Balaban J connectivity index is 2.13. The molecular formula is C14H17NO3. The molecule has 1 heterocycles. The number of nitrogens with zero attached hydrogens (tertiary/aromatic N) is 1. The molecule has 1 aliphatic rings. The van der Waals surface area contributed by atoms with Gasteiger partial charge in [0.25, 0.3) is 0 Å². The van der Waals surface area contributed by atoms with Gasteiger partial charge in [0.2, 0.25) is 0 Å². The summed E-state index contributed by atoms with van der Waals surface area (Å²) in [4.78, 5) is 25.4. The van der Waals surface area contributed by atoms with Gasteiger partial charge in [0.1, 0.15) is 0 Å². The van der Waals surface area contributed by atoms with E-state index in [1.54, 1.807) is 12.1 Å². The van der Waals surface area contributed by atoms with Gasteiger partial charge in [-0.25, -0.2) is 4.79 Å². The fourth-order valence-electron chi connectivity index (χ4n) is 2.31. The van der Waals surface area contributed by atoms with E-state index in [-0.39, 0.29) is 17.3 Å². The number of benzene rings is 1. The van der Waals surface area contributed by atoms with Crippen LogP contribution in [0.25, 0.3) is 0 Å². The first-order valence-corrected chi connectivity index (χ1v) is 6.14. The molecule has 4 nitrogen and oxygen atoms in total. The average Bonchev–Trinajstić information content (AvgIpc) is 2.39. The lowest BCUT2D eigenvalue weighted by Gasteiger charge is -2.28. The molecule has 1 aromatic carbocycles.